The monoisotopic (exact) mass is 538 g/mol. The van der Waals surface area contributed by atoms with Gasteiger partial charge in [0.1, 0.15) is 11.5 Å². The number of rotatable bonds is 8. The summed E-state index contributed by atoms with van der Waals surface area (Å²) in [6, 6.07) is 10.1. The van der Waals surface area contributed by atoms with Crippen molar-refractivity contribution >= 4 is 23.4 Å². The third-order valence-electron chi connectivity index (χ3n) is 7.87. The summed E-state index contributed by atoms with van der Waals surface area (Å²) in [6.45, 7) is 14.6. The van der Waals surface area contributed by atoms with Crippen molar-refractivity contribution in [3.05, 3.63) is 46.7 Å². The van der Waals surface area contributed by atoms with Gasteiger partial charge >= 0.3 is 6.01 Å². The fourth-order valence-corrected chi connectivity index (χ4v) is 5.96. The van der Waals surface area contributed by atoms with Gasteiger partial charge in [-0.15, -0.1) is 5.10 Å². The van der Waals surface area contributed by atoms with E-state index in [0.29, 0.717) is 35.7 Å². The van der Waals surface area contributed by atoms with E-state index in [1.165, 1.54) is 18.4 Å². The number of aromatic nitrogens is 4. The molecule has 0 amide bonds. The molecule has 2 aliphatic rings. The first-order valence-electron chi connectivity index (χ1n) is 13.9. The summed E-state index contributed by atoms with van der Waals surface area (Å²) in [5.41, 5.74) is 2.82. The number of benzene rings is 1. The number of halogens is 1. The minimum atomic E-state index is 0.354. The van der Waals surface area contributed by atoms with Crippen LogP contribution < -0.4 is 10.2 Å². The van der Waals surface area contributed by atoms with E-state index in [9.17, 15) is 0 Å². The number of nitrogens with zero attached hydrogens (tertiary/aromatic N) is 7. The van der Waals surface area contributed by atoms with E-state index < -0.39 is 0 Å². The molecule has 3 aromatic rings. The minimum absolute atomic E-state index is 0.354. The van der Waals surface area contributed by atoms with Crippen molar-refractivity contribution in [2.24, 2.45) is 0 Å². The quantitative estimate of drug-likeness (QED) is 0.431. The Morgan fingerprint density at radius 3 is 2.53 bits per heavy atom. The molecule has 5 rings (SSSR count). The van der Waals surface area contributed by atoms with E-state index in [4.69, 9.17) is 26.0 Å². The lowest BCUT2D eigenvalue weighted by Gasteiger charge is -2.50. The third kappa shape index (κ3) is 5.95. The zero-order valence-corrected chi connectivity index (χ0v) is 23.7. The molecule has 0 aliphatic carbocycles. The molecule has 0 radical (unpaired) electrons. The molecule has 0 spiro atoms. The fourth-order valence-electron chi connectivity index (χ4n) is 5.84. The topological polar surface area (TPSA) is 86.5 Å². The lowest BCUT2D eigenvalue weighted by molar-refractivity contribution is 0.0505. The van der Waals surface area contributed by atoms with Crippen LogP contribution in [0.3, 0.4) is 0 Å². The molecule has 2 atom stereocenters. The third-order valence-corrected chi connectivity index (χ3v) is 8.12. The largest absolute Gasteiger partial charge is 0.402 e. The Hall–Kier alpha value is -2.75. The maximum Gasteiger partial charge on any atom is 0.315 e. The zero-order valence-electron chi connectivity index (χ0n) is 22.9. The number of nitrogens with one attached hydrogen (secondary N) is 1. The number of piperazine rings is 1. The van der Waals surface area contributed by atoms with E-state index in [2.05, 4.69) is 56.2 Å². The van der Waals surface area contributed by atoms with Crippen LogP contribution in [-0.4, -0.2) is 80.8 Å². The highest BCUT2D eigenvalue weighted by atomic mass is 35.5. The van der Waals surface area contributed by atoms with Crippen LogP contribution >= 0.6 is 11.6 Å². The summed E-state index contributed by atoms with van der Waals surface area (Å²) < 4.78 is 5.67. The number of likely N-dealkylation sites (tertiary alicyclic amines) is 1. The van der Waals surface area contributed by atoms with E-state index in [1.54, 1.807) is 6.20 Å². The van der Waals surface area contributed by atoms with Crippen molar-refractivity contribution in [2.75, 3.05) is 42.9 Å². The summed E-state index contributed by atoms with van der Waals surface area (Å²) in [7, 11) is 0. The molecule has 2 saturated heterocycles. The first-order chi connectivity index (χ1) is 18.4. The molecule has 0 bridgehead atoms. The number of hydrogen-bond donors (Lipinski definition) is 1. The number of aryl methyl sites for hydroxylation is 1. The van der Waals surface area contributed by atoms with Crippen LogP contribution in [0, 0.1) is 6.92 Å². The van der Waals surface area contributed by atoms with Gasteiger partial charge in [0.15, 0.2) is 0 Å². The summed E-state index contributed by atoms with van der Waals surface area (Å²) in [5, 5.41) is 12.0. The van der Waals surface area contributed by atoms with E-state index in [-0.39, 0.29) is 0 Å². The van der Waals surface area contributed by atoms with Gasteiger partial charge in [-0.05, 0) is 70.8 Å². The Morgan fingerprint density at radius 1 is 1.08 bits per heavy atom. The smallest absolute Gasteiger partial charge is 0.315 e. The Labute approximate surface area is 230 Å². The first kappa shape index (κ1) is 26.8. The van der Waals surface area contributed by atoms with E-state index >= 15 is 0 Å². The Kier molecular flexibility index (Phi) is 8.45. The molecular weight excluding hydrogens is 500 g/mol. The highest BCUT2D eigenvalue weighted by Gasteiger charge is 2.37. The maximum absolute atomic E-state index is 6.06. The minimum Gasteiger partial charge on any atom is -0.402 e. The summed E-state index contributed by atoms with van der Waals surface area (Å²) >= 11 is 6.06. The van der Waals surface area contributed by atoms with Gasteiger partial charge in [0.05, 0.1) is 11.9 Å². The molecule has 2 fully saturated rings. The predicted octanol–water partition coefficient (Wildman–Crippen LogP) is 4.87. The second-order valence-corrected chi connectivity index (χ2v) is 10.9. The molecule has 1 N–H and O–H groups in total. The van der Waals surface area contributed by atoms with Gasteiger partial charge in [-0.25, -0.2) is 9.97 Å². The van der Waals surface area contributed by atoms with Gasteiger partial charge in [0.2, 0.25) is 0 Å². The molecule has 38 heavy (non-hydrogen) atoms. The normalized spacial score (nSPS) is 21.7. The number of hydrogen-bond acceptors (Lipinski definition) is 9. The molecular formula is C28H39ClN8O. The van der Waals surface area contributed by atoms with Crippen molar-refractivity contribution < 1.29 is 4.42 Å². The zero-order chi connectivity index (χ0) is 26.6. The molecule has 4 heterocycles. The average Bonchev–Trinajstić information content (AvgIpc) is 3.39. The SMILES string of the molecule is CCNc1nnc(-c2cnc(N3C[C@H](CC)N(C4CCN(Cc5ccc(Cl)cc5)CC4)C[C@H]3C)c(C)n2)o1. The van der Waals surface area contributed by atoms with Crippen LogP contribution in [0.5, 0.6) is 0 Å². The van der Waals surface area contributed by atoms with Gasteiger partial charge < -0.3 is 14.6 Å². The second-order valence-electron chi connectivity index (χ2n) is 10.5. The lowest BCUT2D eigenvalue weighted by atomic mass is 9.96. The van der Waals surface area contributed by atoms with Crippen LogP contribution in [0.25, 0.3) is 11.6 Å². The van der Waals surface area contributed by atoms with E-state index in [0.717, 1.165) is 62.2 Å². The Balaban J connectivity index is 1.21. The highest BCUT2D eigenvalue weighted by Crippen LogP contribution is 2.30. The van der Waals surface area contributed by atoms with Crippen LogP contribution in [0.2, 0.25) is 5.02 Å². The van der Waals surface area contributed by atoms with Gasteiger partial charge in [-0.1, -0.05) is 35.8 Å². The molecule has 10 heteroatoms. The molecule has 0 unspecified atom stereocenters. The molecule has 1 aromatic carbocycles. The van der Waals surface area contributed by atoms with Crippen molar-refractivity contribution in [2.45, 2.75) is 71.6 Å². The lowest BCUT2D eigenvalue weighted by Crippen LogP contribution is -2.61. The number of anilines is 2. The standard InChI is InChI=1S/C28H39ClN8O/c1-5-23-18-36(26-20(4)32-25(15-31-26)27-33-34-28(38-27)30-6-2)19(3)16-37(23)24-11-13-35(14-12-24)17-21-7-9-22(29)10-8-21/h7-10,15,19,23-24H,5-6,11-14,16-18H2,1-4H3,(H,30,34)/t19-,23+/m1/s1. The predicted molar refractivity (Wildman–Crippen MR) is 152 cm³/mol. The first-order valence-corrected chi connectivity index (χ1v) is 14.2. The molecule has 2 aromatic heterocycles. The van der Waals surface area contributed by atoms with Crippen LogP contribution in [0.15, 0.2) is 34.9 Å². The van der Waals surface area contributed by atoms with Crippen LogP contribution in [0.4, 0.5) is 11.8 Å². The molecule has 204 valence electrons. The highest BCUT2D eigenvalue weighted by molar-refractivity contribution is 6.30. The number of piperidine rings is 1. The van der Waals surface area contributed by atoms with Crippen LogP contribution in [0.1, 0.15) is 51.3 Å². The second kappa shape index (κ2) is 12.0. The Morgan fingerprint density at radius 2 is 1.84 bits per heavy atom. The van der Waals surface area contributed by atoms with E-state index in [1.807, 2.05) is 26.0 Å². The molecule has 9 nitrogen and oxygen atoms in total. The molecule has 2 aliphatic heterocycles. The van der Waals surface area contributed by atoms with Gasteiger partial charge in [0, 0.05) is 49.3 Å². The summed E-state index contributed by atoms with van der Waals surface area (Å²) in [4.78, 5) is 17.4. The fraction of sp³-hybridized carbons (Fsp3) is 0.571. The van der Waals surface area contributed by atoms with Gasteiger partial charge in [0.25, 0.3) is 5.89 Å². The van der Waals surface area contributed by atoms with Crippen molar-refractivity contribution in [3.63, 3.8) is 0 Å². The van der Waals surface area contributed by atoms with Crippen LogP contribution in [-0.2, 0) is 6.54 Å². The van der Waals surface area contributed by atoms with Crippen molar-refractivity contribution in [1.82, 2.24) is 30.0 Å². The summed E-state index contributed by atoms with van der Waals surface area (Å²) in [6.07, 6.45) is 5.29. The van der Waals surface area contributed by atoms with Gasteiger partial charge in [-0.2, -0.15) is 0 Å². The summed E-state index contributed by atoms with van der Waals surface area (Å²) in [5.74, 6) is 1.33. The van der Waals surface area contributed by atoms with Gasteiger partial charge in [-0.3, -0.25) is 9.80 Å². The van der Waals surface area contributed by atoms with Crippen molar-refractivity contribution in [1.29, 1.82) is 0 Å². The van der Waals surface area contributed by atoms with Crippen molar-refractivity contribution in [3.8, 4) is 11.6 Å². The average molecular weight is 539 g/mol. The maximum atomic E-state index is 6.06. The Bertz CT molecular complexity index is 1190. The molecule has 0 saturated carbocycles.